The van der Waals surface area contributed by atoms with Crippen molar-refractivity contribution in [1.29, 1.82) is 0 Å². The lowest BCUT2D eigenvalue weighted by Gasteiger charge is -2.07. The molecule has 0 aliphatic rings. The number of hydrogen-bond donors (Lipinski definition) is 1. The minimum atomic E-state index is 0.562. The van der Waals surface area contributed by atoms with E-state index in [1.807, 2.05) is 24.3 Å². The second-order valence-electron chi connectivity index (χ2n) is 3.81. The molecule has 0 saturated carbocycles. The van der Waals surface area contributed by atoms with Gasteiger partial charge in [0.1, 0.15) is 0 Å². The maximum absolute atomic E-state index is 5.74. The third-order valence-electron chi connectivity index (χ3n) is 2.52. The van der Waals surface area contributed by atoms with Gasteiger partial charge in [-0.15, -0.1) is 11.6 Å². The Labute approximate surface area is 115 Å². The first-order chi connectivity index (χ1) is 8.28. The van der Waals surface area contributed by atoms with Crippen LogP contribution in [0.1, 0.15) is 11.1 Å². The molecule has 0 amide bonds. The Morgan fingerprint density at radius 3 is 2.06 bits per heavy atom. The first-order valence-electron chi connectivity index (χ1n) is 5.41. The Morgan fingerprint density at radius 1 is 0.882 bits per heavy atom. The normalized spacial score (nSPS) is 10.2. The molecule has 2 aromatic rings. The lowest BCUT2D eigenvalue weighted by molar-refractivity contribution is 1.15. The van der Waals surface area contributed by atoms with Gasteiger partial charge in [-0.1, -0.05) is 40.2 Å². The summed E-state index contributed by atoms with van der Waals surface area (Å²) in [5, 5.41) is 3.37. The number of benzene rings is 2. The summed E-state index contributed by atoms with van der Waals surface area (Å²) in [6.45, 7) is 0.827. The highest BCUT2D eigenvalue weighted by Gasteiger charge is 1.95. The van der Waals surface area contributed by atoms with E-state index in [1.54, 1.807) is 0 Å². The first kappa shape index (κ1) is 12.5. The van der Waals surface area contributed by atoms with Crippen LogP contribution in [-0.2, 0) is 12.4 Å². The lowest BCUT2D eigenvalue weighted by atomic mass is 10.2. The Morgan fingerprint density at radius 2 is 1.47 bits per heavy atom. The van der Waals surface area contributed by atoms with Gasteiger partial charge in [-0.2, -0.15) is 0 Å². The highest BCUT2D eigenvalue weighted by atomic mass is 79.9. The van der Waals surface area contributed by atoms with Crippen LogP contribution in [0.25, 0.3) is 0 Å². The maximum Gasteiger partial charge on any atom is 0.0474 e. The fourth-order valence-electron chi connectivity index (χ4n) is 1.52. The summed E-state index contributed by atoms with van der Waals surface area (Å²) in [7, 11) is 0. The highest BCUT2D eigenvalue weighted by molar-refractivity contribution is 9.10. The highest BCUT2D eigenvalue weighted by Crippen LogP contribution is 2.14. The third kappa shape index (κ3) is 3.76. The molecule has 2 rings (SSSR count). The zero-order chi connectivity index (χ0) is 12.1. The third-order valence-corrected chi connectivity index (χ3v) is 3.36. The molecule has 0 unspecified atom stereocenters. The first-order valence-corrected chi connectivity index (χ1v) is 6.74. The monoisotopic (exact) mass is 309 g/mol. The van der Waals surface area contributed by atoms with E-state index in [4.69, 9.17) is 11.6 Å². The zero-order valence-electron chi connectivity index (χ0n) is 9.29. The fraction of sp³-hybridized carbons (Fsp3) is 0.143. The largest absolute Gasteiger partial charge is 0.381 e. The van der Waals surface area contributed by atoms with Crippen LogP contribution in [0.2, 0.25) is 0 Å². The second-order valence-corrected chi connectivity index (χ2v) is 4.99. The van der Waals surface area contributed by atoms with Crippen LogP contribution in [0.5, 0.6) is 0 Å². The van der Waals surface area contributed by atoms with E-state index in [0.29, 0.717) is 5.88 Å². The molecular weight excluding hydrogens is 298 g/mol. The maximum atomic E-state index is 5.74. The van der Waals surface area contributed by atoms with Crippen molar-refractivity contribution < 1.29 is 0 Å². The van der Waals surface area contributed by atoms with Crippen LogP contribution in [-0.4, -0.2) is 0 Å². The van der Waals surface area contributed by atoms with Crippen molar-refractivity contribution in [3.8, 4) is 0 Å². The summed E-state index contributed by atoms with van der Waals surface area (Å²) in [5.41, 5.74) is 3.51. The summed E-state index contributed by atoms with van der Waals surface area (Å²) in [4.78, 5) is 0. The molecule has 0 aromatic heterocycles. The Bertz CT molecular complexity index is 465. The van der Waals surface area contributed by atoms with Gasteiger partial charge in [-0.25, -0.2) is 0 Å². The molecule has 0 spiro atoms. The van der Waals surface area contributed by atoms with Crippen molar-refractivity contribution in [2.45, 2.75) is 12.4 Å². The van der Waals surface area contributed by atoms with Crippen LogP contribution in [0.3, 0.4) is 0 Å². The fourth-order valence-corrected chi connectivity index (χ4v) is 1.96. The van der Waals surface area contributed by atoms with Crippen LogP contribution in [0.15, 0.2) is 53.0 Å². The minimum Gasteiger partial charge on any atom is -0.381 e. The van der Waals surface area contributed by atoms with E-state index < -0.39 is 0 Å². The Balaban J connectivity index is 1.95. The summed E-state index contributed by atoms with van der Waals surface area (Å²) in [6.07, 6.45) is 0. The topological polar surface area (TPSA) is 12.0 Å². The molecular formula is C14H13BrClN. The molecule has 2 aromatic carbocycles. The van der Waals surface area contributed by atoms with E-state index in [9.17, 15) is 0 Å². The van der Waals surface area contributed by atoms with Gasteiger partial charge in [-0.05, 0) is 35.4 Å². The van der Waals surface area contributed by atoms with Crippen LogP contribution in [0.4, 0.5) is 5.69 Å². The Kier molecular flexibility index (Phi) is 4.46. The molecule has 3 heteroatoms. The summed E-state index contributed by atoms with van der Waals surface area (Å²) in [6, 6.07) is 16.5. The van der Waals surface area contributed by atoms with Gasteiger partial charge in [0.2, 0.25) is 0 Å². The number of hydrogen-bond acceptors (Lipinski definition) is 1. The molecule has 0 aliphatic carbocycles. The molecule has 0 fully saturated rings. The van der Waals surface area contributed by atoms with Gasteiger partial charge < -0.3 is 5.32 Å². The van der Waals surface area contributed by atoms with Crippen molar-refractivity contribution in [3.63, 3.8) is 0 Å². The van der Waals surface area contributed by atoms with Crippen molar-refractivity contribution in [2.75, 3.05) is 5.32 Å². The molecule has 0 heterocycles. The molecule has 0 bridgehead atoms. The SMILES string of the molecule is ClCc1ccc(NCc2ccc(Br)cc2)cc1. The summed E-state index contributed by atoms with van der Waals surface area (Å²) in [5.74, 6) is 0.562. The molecule has 1 nitrogen and oxygen atoms in total. The second kappa shape index (κ2) is 6.08. The van der Waals surface area contributed by atoms with Crippen LogP contribution < -0.4 is 5.32 Å². The van der Waals surface area contributed by atoms with Gasteiger partial charge in [0.05, 0.1) is 0 Å². The predicted octanol–water partition coefficient (Wildman–Crippen LogP) is 4.80. The lowest BCUT2D eigenvalue weighted by Crippen LogP contribution is -1.98. The van der Waals surface area contributed by atoms with Gasteiger partial charge in [0, 0.05) is 22.6 Å². The number of nitrogens with one attached hydrogen (secondary N) is 1. The average molecular weight is 311 g/mol. The number of rotatable bonds is 4. The van der Waals surface area contributed by atoms with Crippen molar-refractivity contribution >= 4 is 33.2 Å². The van der Waals surface area contributed by atoms with E-state index >= 15 is 0 Å². The molecule has 1 N–H and O–H groups in total. The van der Waals surface area contributed by atoms with Crippen molar-refractivity contribution in [1.82, 2.24) is 0 Å². The van der Waals surface area contributed by atoms with Gasteiger partial charge in [-0.3, -0.25) is 0 Å². The van der Waals surface area contributed by atoms with E-state index in [-0.39, 0.29) is 0 Å². The summed E-state index contributed by atoms with van der Waals surface area (Å²) >= 11 is 9.17. The van der Waals surface area contributed by atoms with E-state index in [0.717, 1.165) is 22.3 Å². The van der Waals surface area contributed by atoms with Gasteiger partial charge >= 0.3 is 0 Å². The summed E-state index contributed by atoms with van der Waals surface area (Å²) < 4.78 is 1.10. The molecule has 0 aliphatic heterocycles. The predicted molar refractivity (Wildman–Crippen MR) is 77.5 cm³/mol. The molecule has 0 saturated heterocycles. The molecule has 17 heavy (non-hydrogen) atoms. The van der Waals surface area contributed by atoms with Crippen molar-refractivity contribution in [3.05, 3.63) is 64.1 Å². The van der Waals surface area contributed by atoms with Crippen LogP contribution >= 0.6 is 27.5 Å². The average Bonchev–Trinajstić information content (AvgIpc) is 2.39. The van der Waals surface area contributed by atoms with Crippen molar-refractivity contribution in [2.24, 2.45) is 0 Å². The molecule has 0 atom stereocenters. The Hall–Kier alpha value is -0.990. The number of anilines is 1. The smallest absolute Gasteiger partial charge is 0.0474 e. The molecule has 0 radical (unpaired) electrons. The standard InChI is InChI=1S/C14H13BrClN/c15-13-5-1-12(2-6-13)10-17-14-7-3-11(9-16)4-8-14/h1-8,17H,9-10H2. The van der Waals surface area contributed by atoms with Crippen LogP contribution in [0, 0.1) is 0 Å². The molecule has 88 valence electrons. The zero-order valence-corrected chi connectivity index (χ0v) is 11.6. The van der Waals surface area contributed by atoms with E-state index in [2.05, 4.69) is 45.5 Å². The van der Waals surface area contributed by atoms with E-state index in [1.165, 1.54) is 5.56 Å². The minimum absolute atomic E-state index is 0.562. The number of halogens is 2. The van der Waals surface area contributed by atoms with Gasteiger partial charge in [0.25, 0.3) is 0 Å². The van der Waals surface area contributed by atoms with Gasteiger partial charge in [0.15, 0.2) is 0 Å². The number of alkyl halides is 1. The quantitative estimate of drug-likeness (QED) is 0.800.